The van der Waals surface area contributed by atoms with E-state index in [0.717, 1.165) is 28.0 Å². The molecule has 0 amide bonds. The van der Waals surface area contributed by atoms with Gasteiger partial charge in [0.2, 0.25) is 0 Å². The highest BCUT2D eigenvalue weighted by molar-refractivity contribution is 5.79. The third-order valence-corrected chi connectivity index (χ3v) is 4.12. The summed E-state index contributed by atoms with van der Waals surface area (Å²) in [6.07, 6.45) is 3.59. The zero-order valence-corrected chi connectivity index (χ0v) is 13.9. The van der Waals surface area contributed by atoms with E-state index >= 15 is 0 Å². The first-order valence-corrected chi connectivity index (χ1v) is 7.74. The van der Waals surface area contributed by atoms with Crippen molar-refractivity contribution >= 4 is 11.2 Å². The van der Waals surface area contributed by atoms with Gasteiger partial charge in [-0.15, -0.1) is 0 Å². The van der Waals surface area contributed by atoms with E-state index in [0.29, 0.717) is 0 Å². The van der Waals surface area contributed by atoms with Gasteiger partial charge in [-0.2, -0.15) is 5.26 Å². The highest BCUT2D eigenvalue weighted by Crippen LogP contribution is 2.27. The van der Waals surface area contributed by atoms with Gasteiger partial charge in [-0.3, -0.25) is 0 Å². The number of hydrogen-bond donors (Lipinski definition) is 1. The van der Waals surface area contributed by atoms with Crippen LogP contribution >= 0.6 is 0 Å². The normalized spacial score (nSPS) is 13.0. The van der Waals surface area contributed by atoms with Crippen molar-refractivity contribution in [2.45, 2.75) is 39.0 Å². The van der Waals surface area contributed by atoms with Crippen LogP contribution in [0.2, 0.25) is 0 Å². The maximum absolute atomic E-state index is 9.15. The molecule has 3 aromatic rings. The van der Waals surface area contributed by atoms with Crippen LogP contribution in [0.4, 0.5) is 0 Å². The van der Waals surface area contributed by atoms with E-state index in [1.807, 2.05) is 13.1 Å². The average Bonchev–Trinajstić information content (AvgIpc) is 2.96. The molecule has 0 bridgehead atoms. The predicted octanol–water partition coefficient (Wildman–Crippen LogP) is 4.55. The van der Waals surface area contributed by atoms with Crippen molar-refractivity contribution in [3.05, 3.63) is 47.8 Å². The molecule has 4 nitrogen and oxygen atoms in total. The van der Waals surface area contributed by atoms with Gasteiger partial charge in [-0.1, -0.05) is 45.0 Å². The molecular weight excluding hydrogens is 284 g/mol. The summed E-state index contributed by atoms with van der Waals surface area (Å²) in [6.45, 7) is 8.46. The van der Waals surface area contributed by atoms with Crippen LogP contribution in [0.1, 0.15) is 44.7 Å². The molecular formula is C19H20N4. The van der Waals surface area contributed by atoms with Crippen molar-refractivity contribution in [3.63, 3.8) is 0 Å². The fourth-order valence-corrected chi connectivity index (χ4v) is 2.59. The number of hydrogen-bond acceptors (Lipinski definition) is 3. The van der Waals surface area contributed by atoms with Crippen LogP contribution in [-0.2, 0) is 5.41 Å². The molecule has 0 fully saturated rings. The van der Waals surface area contributed by atoms with Gasteiger partial charge < -0.3 is 4.98 Å². The Bertz CT molecular complexity index is 876. The number of H-pyrrole nitrogens is 1. The summed E-state index contributed by atoms with van der Waals surface area (Å²) in [5.74, 6) is -0.212. The first-order valence-electron chi connectivity index (χ1n) is 7.74. The Labute approximate surface area is 136 Å². The molecule has 1 N–H and O–H groups in total. The van der Waals surface area contributed by atoms with Gasteiger partial charge >= 0.3 is 0 Å². The maximum atomic E-state index is 9.15. The number of benzene rings is 1. The lowest BCUT2D eigenvalue weighted by Crippen LogP contribution is -2.10. The molecule has 0 spiro atoms. The van der Waals surface area contributed by atoms with Crippen LogP contribution in [0, 0.1) is 11.3 Å². The first-order chi connectivity index (χ1) is 10.9. The van der Waals surface area contributed by atoms with Crippen LogP contribution in [0.25, 0.3) is 22.4 Å². The molecule has 2 aromatic heterocycles. The number of nitrogens with zero attached hydrogens (tertiary/aromatic N) is 3. The highest BCUT2D eigenvalue weighted by Gasteiger charge is 2.15. The smallest absolute Gasteiger partial charge is 0.156 e. The summed E-state index contributed by atoms with van der Waals surface area (Å²) in [7, 11) is 0. The van der Waals surface area contributed by atoms with Gasteiger partial charge in [0.25, 0.3) is 0 Å². The molecule has 0 saturated carbocycles. The lowest BCUT2D eigenvalue weighted by atomic mass is 9.86. The fraction of sp³-hybridized carbons (Fsp3) is 0.316. The van der Waals surface area contributed by atoms with E-state index in [4.69, 9.17) is 10.2 Å². The Morgan fingerprint density at radius 2 is 1.87 bits per heavy atom. The molecule has 1 atom stereocenters. The van der Waals surface area contributed by atoms with Gasteiger partial charge in [-0.25, -0.2) is 9.97 Å². The summed E-state index contributed by atoms with van der Waals surface area (Å²) in [5, 5.41) is 9.15. The summed E-state index contributed by atoms with van der Waals surface area (Å²) < 4.78 is 0. The fourth-order valence-electron chi connectivity index (χ4n) is 2.59. The quantitative estimate of drug-likeness (QED) is 0.755. The van der Waals surface area contributed by atoms with E-state index in [2.05, 4.69) is 61.1 Å². The van der Waals surface area contributed by atoms with Crippen LogP contribution in [-0.4, -0.2) is 15.0 Å². The minimum atomic E-state index is -0.212. The molecule has 1 unspecified atom stereocenters. The third kappa shape index (κ3) is 2.83. The molecule has 23 heavy (non-hydrogen) atoms. The molecule has 3 rings (SSSR count). The SMILES string of the molecule is CC(C#N)c1c[nH]c2ncc(-c3ccc(C(C)(C)C)cc3)nc12. The van der Waals surface area contributed by atoms with E-state index in [1.54, 1.807) is 6.20 Å². The van der Waals surface area contributed by atoms with Crippen molar-refractivity contribution in [2.24, 2.45) is 0 Å². The summed E-state index contributed by atoms with van der Waals surface area (Å²) in [5.41, 5.74) is 5.66. The Morgan fingerprint density at radius 1 is 1.17 bits per heavy atom. The zero-order chi connectivity index (χ0) is 16.6. The Hall–Kier alpha value is -2.67. The number of aromatic nitrogens is 3. The van der Waals surface area contributed by atoms with Crippen molar-refractivity contribution in [1.82, 2.24) is 15.0 Å². The van der Waals surface area contributed by atoms with Gasteiger partial charge in [0.1, 0.15) is 5.52 Å². The van der Waals surface area contributed by atoms with E-state index in [-0.39, 0.29) is 11.3 Å². The van der Waals surface area contributed by atoms with E-state index < -0.39 is 0 Å². The van der Waals surface area contributed by atoms with Gasteiger partial charge in [0.15, 0.2) is 5.65 Å². The Morgan fingerprint density at radius 3 is 2.48 bits per heavy atom. The standard InChI is InChI=1S/C19H20N4/c1-12(9-20)15-10-21-18-17(15)23-16(11-22-18)13-5-7-14(8-6-13)19(2,3)4/h5-8,10-12H,1-4H3,(H,21,22). The zero-order valence-electron chi connectivity index (χ0n) is 13.9. The maximum Gasteiger partial charge on any atom is 0.156 e. The topological polar surface area (TPSA) is 65.4 Å². The van der Waals surface area contributed by atoms with Gasteiger partial charge in [0, 0.05) is 17.3 Å². The molecule has 1 aromatic carbocycles. The number of nitrogens with one attached hydrogen (secondary N) is 1. The van der Waals surface area contributed by atoms with Crippen LogP contribution in [0.15, 0.2) is 36.7 Å². The van der Waals surface area contributed by atoms with Gasteiger partial charge in [-0.05, 0) is 17.9 Å². The number of fused-ring (bicyclic) bond motifs is 1. The van der Waals surface area contributed by atoms with E-state index in [1.165, 1.54) is 5.56 Å². The lowest BCUT2D eigenvalue weighted by Gasteiger charge is -2.19. The van der Waals surface area contributed by atoms with Crippen molar-refractivity contribution < 1.29 is 0 Å². The molecule has 2 heterocycles. The highest BCUT2D eigenvalue weighted by atomic mass is 14.9. The Kier molecular flexibility index (Phi) is 3.65. The largest absolute Gasteiger partial charge is 0.344 e. The Balaban J connectivity index is 2.05. The third-order valence-electron chi connectivity index (χ3n) is 4.12. The first kappa shape index (κ1) is 15.2. The summed E-state index contributed by atoms with van der Waals surface area (Å²) in [6, 6.07) is 10.7. The molecule has 116 valence electrons. The van der Waals surface area contributed by atoms with Crippen molar-refractivity contribution in [1.29, 1.82) is 5.26 Å². The van der Waals surface area contributed by atoms with Crippen molar-refractivity contribution in [2.75, 3.05) is 0 Å². The second-order valence-corrected chi connectivity index (χ2v) is 6.87. The minimum absolute atomic E-state index is 0.129. The number of nitriles is 1. The van der Waals surface area contributed by atoms with Crippen molar-refractivity contribution in [3.8, 4) is 17.3 Å². The molecule has 0 aliphatic carbocycles. The second-order valence-electron chi connectivity index (χ2n) is 6.87. The predicted molar refractivity (Wildman–Crippen MR) is 92.1 cm³/mol. The molecule has 0 aliphatic heterocycles. The molecule has 0 saturated heterocycles. The lowest BCUT2D eigenvalue weighted by molar-refractivity contribution is 0.590. The van der Waals surface area contributed by atoms with Crippen LogP contribution in [0.3, 0.4) is 0 Å². The van der Waals surface area contributed by atoms with E-state index in [9.17, 15) is 0 Å². The monoisotopic (exact) mass is 304 g/mol. The number of rotatable bonds is 2. The summed E-state index contributed by atoms with van der Waals surface area (Å²) >= 11 is 0. The average molecular weight is 304 g/mol. The minimum Gasteiger partial charge on any atom is -0.344 e. The number of aromatic amines is 1. The van der Waals surface area contributed by atoms with Crippen LogP contribution < -0.4 is 0 Å². The second kappa shape index (κ2) is 5.51. The van der Waals surface area contributed by atoms with Gasteiger partial charge in [0.05, 0.1) is 23.9 Å². The summed E-state index contributed by atoms with van der Waals surface area (Å²) in [4.78, 5) is 12.2. The molecule has 0 radical (unpaired) electrons. The van der Waals surface area contributed by atoms with Crippen LogP contribution in [0.5, 0.6) is 0 Å². The molecule has 4 heteroatoms. The molecule has 0 aliphatic rings.